The molecule has 1 heterocycles. The van der Waals surface area contributed by atoms with Gasteiger partial charge in [-0.1, -0.05) is 42.5 Å². The fourth-order valence-electron chi connectivity index (χ4n) is 2.64. The van der Waals surface area contributed by atoms with Gasteiger partial charge in [0, 0.05) is 13.6 Å². The number of esters is 1. The molecule has 1 unspecified atom stereocenters. The molecule has 2 aromatic carbocycles. The quantitative estimate of drug-likeness (QED) is 0.620. The molecule has 0 radical (unpaired) electrons. The molecule has 3 aromatic rings. The third kappa shape index (κ3) is 4.35. The van der Waals surface area contributed by atoms with E-state index < -0.39 is 12.1 Å². The summed E-state index contributed by atoms with van der Waals surface area (Å²) in [5, 5.41) is 10.9. The van der Waals surface area contributed by atoms with E-state index in [1.165, 1.54) is 15.9 Å². The summed E-state index contributed by atoms with van der Waals surface area (Å²) in [5.41, 5.74) is 1.75. The molecule has 8 heteroatoms. The van der Waals surface area contributed by atoms with Gasteiger partial charge in [-0.2, -0.15) is 4.68 Å². The smallest absolute Gasteiger partial charge is 0.341 e. The second-order valence-corrected chi connectivity index (χ2v) is 6.00. The molecule has 8 nitrogen and oxygen atoms in total. The molecule has 3 rings (SSSR count). The van der Waals surface area contributed by atoms with Crippen LogP contribution < -0.4 is 0 Å². The van der Waals surface area contributed by atoms with Crippen molar-refractivity contribution < 1.29 is 14.3 Å². The largest absolute Gasteiger partial charge is 0.449 e. The van der Waals surface area contributed by atoms with Gasteiger partial charge in [0.15, 0.2) is 6.10 Å². The van der Waals surface area contributed by atoms with Crippen LogP contribution in [0.25, 0.3) is 5.69 Å². The number of benzene rings is 2. The number of nitrogens with zero attached hydrogens (tertiary/aromatic N) is 5. The first-order chi connectivity index (χ1) is 13.1. The number of rotatable bonds is 6. The molecule has 0 aliphatic rings. The minimum Gasteiger partial charge on any atom is -0.449 e. The Morgan fingerprint density at radius 3 is 2.52 bits per heavy atom. The van der Waals surface area contributed by atoms with E-state index in [4.69, 9.17) is 4.74 Å². The van der Waals surface area contributed by atoms with Gasteiger partial charge in [-0.3, -0.25) is 4.79 Å². The van der Waals surface area contributed by atoms with Gasteiger partial charge in [-0.15, -0.1) is 5.10 Å². The summed E-state index contributed by atoms with van der Waals surface area (Å²) in [6, 6.07) is 16.4. The van der Waals surface area contributed by atoms with Gasteiger partial charge in [-0.25, -0.2) is 4.79 Å². The zero-order valence-electron chi connectivity index (χ0n) is 15.0. The number of aromatic nitrogens is 4. The number of hydrogen-bond acceptors (Lipinski definition) is 6. The summed E-state index contributed by atoms with van der Waals surface area (Å²) < 4.78 is 6.75. The highest BCUT2D eigenvalue weighted by atomic mass is 16.5. The van der Waals surface area contributed by atoms with Crippen LogP contribution in [0.4, 0.5) is 0 Å². The molecule has 0 bridgehead atoms. The number of amides is 1. The predicted octanol–water partition coefficient (Wildman–Crippen LogP) is 1.87. The number of ether oxygens (including phenoxy) is 1. The lowest BCUT2D eigenvalue weighted by molar-refractivity contribution is -0.139. The van der Waals surface area contributed by atoms with E-state index in [-0.39, 0.29) is 11.5 Å². The molecule has 1 atom stereocenters. The molecule has 0 aliphatic carbocycles. The molecule has 0 fully saturated rings. The van der Waals surface area contributed by atoms with E-state index in [1.807, 2.05) is 30.3 Å². The van der Waals surface area contributed by atoms with Crippen LogP contribution >= 0.6 is 0 Å². The van der Waals surface area contributed by atoms with Crippen LogP contribution in [0.2, 0.25) is 0 Å². The van der Waals surface area contributed by atoms with Gasteiger partial charge >= 0.3 is 5.97 Å². The van der Waals surface area contributed by atoms with E-state index in [1.54, 1.807) is 38.2 Å². The van der Waals surface area contributed by atoms with Gasteiger partial charge in [0.2, 0.25) is 0 Å². The summed E-state index contributed by atoms with van der Waals surface area (Å²) in [6.07, 6.45) is 0.460. The SMILES string of the molecule is CC(OC(=O)c1ccccc1-n1cnnn1)C(=O)N(C)Cc1ccccc1. The normalized spacial score (nSPS) is 11.6. The predicted molar refractivity (Wildman–Crippen MR) is 96.9 cm³/mol. The Hall–Kier alpha value is -3.55. The molecule has 0 spiro atoms. The average molecular weight is 365 g/mol. The molecule has 138 valence electrons. The summed E-state index contributed by atoms with van der Waals surface area (Å²) in [5.74, 6) is -0.901. The van der Waals surface area contributed by atoms with Gasteiger partial charge in [0.1, 0.15) is 6.33 Å². The van der Waals surface area contributed by atoms with Gasteiger partial charge in [0.25, 0.3) is 5.91 Å². The maximum absolute atomic E-state index is 12.6. The summed E-state index contributed by atoms with van der Waals surface area (Å²) in [7, 11) is 1.68. The van der Waals surface area contributed by atoms with Crippen molar-refractivity contribution in [3.8, 4) is 5.69 Å². The number of carbonyl (C=O) groups is 2. The van der Waals surface area contributed by atoms with E-state index in [0.717, 1.165) is 5.56 Å². The van der Waals surface area contributed by atoms with Crippen LogP contribution in [0.15, 0.2) is 60.9 Å². The van der Waals surface area contributed by atoms with Crippen LogP contribution in [0.1, 0.15) is 22.8 Å². The summed E-state index contributed by atoms with van der Waals surface area (Å²) >= 11 is 0. The minimum absolute atomic E-state index is 0.273. The van der Waals surface area contributed by atoms with Crippen LogP contribution in [0.5, 0.6) is 0 Å². The van der Waals surface area contributed by atoms with E-state index in [0.29, 0.717) is 12.2 Å². The molecule has 0 saturated carbocycles. The highest BCUT2D eigenvalue weighted by Crippen LogP contribution is 2.15. The van der Waals surface area contributed by atoms with Crippen molar-refractivity contribution in [2.45, 2.75) is 19.6 Å². The number of carbonyl (C=O) groups excluding carboxylic acids is 2. The summed E-state index contributed by atoms with van der Waals surface area (Å²) in [4.78, 5) is 26.6. The Bertz CT molecular complexity index is 912. The lowest BCUT2D eigenvalue weighted by Crippen LogP contribution is -2.37. The highest BCUT2D eigenvalue weighted by molar-refractivity contribution is 5.95. The van der Waals surface area contributed by atoms with Crippen molar-refractivity contribution in [2.75, 3.05) is 7.05 Å². The fourth-order valence-corrected chi connectivity index (χ4v) is 2.64. The van der Waals surface area contributed by atoms with Crippen molar-refractivity contribution in [3.63, 3.8) is 0 Å². The number of tetrazole rings is 1. The van der Waals surface area contributed by atoms with Gasteiger partial charge in [-0.05, 0) is 35.0 Å². The van der Waals surface area contributed by atoms with Gasteiger partial charge in [0.05, 0.1) is 11.3 Å². The molecule has 0 saturated heterocycles. The fraction of sp³-hybridized carbons (Fsp3) is 0.211. The Morgan fingerprint density at radius 2 is 1.81 bits per heavy atom. The Morgan fingerprint density at radius 1 is 1.11 bits per heavy atom. The van der Waals surface area contributed by atoms with Gasteiger partial charge < -0.3 is 9.64 Å². The van der Waals surface area contributed by atoms with Crippen molar-refractivity contribution in [2.24, 2.45) is 0 Å². The third-order valence-electron chi connectivity index (χ3n) is 3.99. The highest BCUT2D eigenvalue weighted by Gasteiger charge is 2.24. The molecular weight excluding hydrogens is 346 g/mol. The van der Waals surface area contributed by atoms with Crippen LogP contribution in [-0.2, 0) is 16.1 Å². The topological polar surface area (TPSA) is 90.2 Å². The molecule has 27 heavy (non-hydrogen) atoms. The van der Waals surface area contributed by atoms with E-state index in [2.05, 4.69) is 15.5 Å². The number of para-hydroxylation sites is 1. The third-order valence-corrected chi connectivity index (χ3v) is 3.99. The van der Waals surface area contributed by atoms with Crippen LogP contribution in [-0.4, -0.2) is 50.1 Å². The monoisotopic (exact) mass is 365 g/mol. The maximum Gasteiger partial charge on any atom is 0.341 e. The number of likely N-dealkylation sites (N-methyl/N-ethyl adjacent to an activating group) is 1. The van der Waals surface area contributed by atoms with E-state index in [9.17, 15) is 9.59 Å². The first-order valence-electron chi connectivity index (χ1n) is 8.38. The lowest BCUT2D eigenvalue weighted by Gasteiger charge is -2.22. The molecular formula is C19H19N5O3. The molecule has 0 aliphatic heterocycles. The Balaban J connectivity index is 1.68. The van der Waals surface area contributed by atoms with Crippen LogP contribution in [0, 0.1) is 0 Å². The first kappa shape index (κ1) is 18.2. The lowest BCUT2D eigenvalue weighted by atomic mass is 10.2. The molecule has 1 aromatic heterocycles. The zero-order chi connectivity index (χ0) is 19.2. The standard InChI is InChI=1S/C19H19N5O3/c1-14(18(25)23(2)12-15-8-4-3-5-9-15)27-19(26)16-10-6-7-11-17(16)24-13-20-21-22-24/h3-11,13-14H,12H2,1-2H3. The molecule has 0 N–H and O–H groups in total. The van der Waals surface area contributed by atoms with Crippen molar-refractivity contribution in [1.82, 2.24) is 25.1 Å². The summed E-state index contributed by atoms with van der Waals surface area (Å²) in [6.45, 7) is 1.99. The number of hydrogen-bond donors (Lipinski definition) is 0. The zero-order valence-corrected chi connectivity index (χ0v) is 15.0. The minimum atomic E-state index is -0.923. The second-order valence-electron chi connectivity index (χ2n) is 6.00. The Kier molecular flexibility index (Phi) is 5.55. The van der Waals surface area contributed by atoms with Crippen molar-refractivity contribution >= 4 is 11.9 Å². The van der Waals surface area contributed by atoms with Crippen molar-refractivity contribution in [3.05, 3.63) is 72.1 Å². The Labute approximate surface area is 156 Å². The van der Waals surface area contributed by atoms with E-state index >= 15 is 0 Å². The maximum atomic E-state index is 12.6. The second kappa shape index (κ2) is 8.22. The average Bonchev–Trinajstić information content (AvgIpc) is 3.22. The van der Waals surface area contributed by atoms with Crippen molar-refractivity contribution in [1.29, 1.82) is 0 Å². The first-order valence-corrected chi connectivity index (χ1v) is 8.38. The molecule has 1 amide bonds. The van der Waals surface area contributed by atoms with Crippen LogP contribution in [0.3, 0.4) is 0 Å².